The number of pyridine rings is 2. The highest BCUT2D eigenvalue weighted by molar-refractivity contribution is 6.00. The molecule has 0 saturated heterocycles. The van der Waals surface area contributed by atoms with Gasteiger partial charge in [-0.15, -0.1) is 0 Å². The van der Waals surface area contributed by atoms with Crippen molar-refractivity contribution in [3.63, 3.8) is 0 Å². The van der Waals surface area contributed by atoms with E-state index in [0.717, 1.165) is 10.9 Å². The third-order valence-electron chi connectivity index (χ3n) is 3.28. The van der Waals surface area contributed by atoms with Gasteiger partial charge in [0.2, 0.25) is 5.91 Å². The van der Waals surface area contributed by atoms with Gasteiger partial charge in [0.1, 0.15) is 5.82 Å². The number of rotatable bonds is 4. The Hall–Kier alpha value is -2.76. The van der Waals surface area contributed by atoms with Gasteiger partial charge in [0.15, 0.2) is 0 Å². The standard InChI is InChI=1S/C16H17N5O/c1-11(2)6-16(22)21(13-4-3-5-17-9-13)15-7-12-8-19-20-14(12)10-18-15/h3-5,7-11H,6H2,1-2H3,(H,19,20). The molecule has 3 aromatic rings. The zero-order valence-corrected chi connectivity index (χ0v) is 12.5. The van der Waals surface area contributed by atoms with E-state index in [0.29, 0.717) is 17.9 Å². The van der Waals surface area contributed by atoms with E-state index in [9.17, 15) is 4.79 Å². The monoisotopic (exact) mass is 295 g/mol. The highest BCUT2D eigenvalue weighted by Crippen LogP contribution is 2.26. The van der Waals surface area contributed by atoms with Crippen LogP contribution in [0.1, 0.15) is 20.3 Å². The topological polar surface area (TPSA) is 74.8 Å². The minimum Gasteiger partial charge on any atom is -0.276 e. The second-order valence-electron chi connectivity index (χ2n) is 5.54. The molecule has 3 aromatic heterocycles. The fourth-order valence-electron chi connectivity index (χ4n) is 2.28. The number of aromatic nitrogens is 4. The normalized spacial score (nSPS) is 11.0. The molecule has 0 aliphatic heterocycles. The molecular weight excluding hydrogens is 278 g/mol. The van der Waals surface area contributed by atoms with Crippen LogP contribution >= 0.6 is 0 Å². The molecule has 0 spiro atoms. The smallest absolute Gasteiger partial charge is 0.233 e. The molecule has 3 heterocycles. The van der Waals surface area contributed by atoms with Crippen molar-refractivity contribution >= 4 is 28.3 Å². The van der Waals surface area contributed by atoms with Crippen molar-refractivity contribution in [3.05, 3.63) is 43.0 Å². The van der Waals surface area contributed by atoms with Crippen molar-refractivity contribution in [3.8, 4) is 0 Å². The van der Waals surface area contributed by atoms with E-state index in [1.54, 1.807) is 35.8 Å². The van der Waals surface area contributed by atoms with Crippen LogP contribution in [-0.4, -0.2) is 26.1 Å². The van der Waals surface area contributed by atoms with Crippen molar-refractivity contribution in [2.24, 2.45) is 5.92 Å². The number of fused-ring (bicyclic) bond motifs is 1. The Morgan fingerprint density at radius 2 is 2.18 bits per heavy atom. The Labute approximate surface area is 128 Å². The summed E-state index contributed by atoms with van der Waals surface area (Å²) in [7, 11) is 0. The van der Waals surface area contributed by atoms with E-state index in [2.05, 4.69) is 20.2 Å². The molecule has 0 bridgehead atoms. The van der Waals surface area contributed by atoms with Gasteiger partial charge in [-0.05, 0) is 24.1 Å². The largest absolute Gasteiger partial charge is 0.276 e. The first-order valence-corrected chi connectivity index (χ1v) is 7.17. The highest BCUT2D eigenvalue weighted by atomic mass is 16.2. The molecule has 112 valence electrons. The van der Waals surface area contributed by atoms with Crippen molar-refractivity contribution < 1.29 is 4.79 Å². The summed E-state index contributed by atoms with van der Waals surface area (Å²) < 4.78 is 0. The van der Waals surface area contributed by atoms with Gasteiger partial charge in [0, 0.05) is 18.0 Å². The lowest BCUT2D eigenvalue weighted by Crippen LogP contribution is -2.27. The molecule has 0 aromatic carbocycles. The van der Waals surface area contributed by atoms with Crippen molar-refractivity contribution in [2.75, 3.05) is 4.90 Å². The lowest BCUT2D eigenvalue weighted by atomic mass is 10.1. The number of anilines is 2. The summed E-state index contributed by atoms with van der Waals surface area (Å²) in [6, 6.07) is 5.51. The van der Waals surface area contributed by atoms with E-state index in [4.69, 9.17) is 0 Å². The first-order chi connectivity index (χ1) is 10.6. The number of hydrogen-bond donors (Lipinski definition) is 1. The molecule has 0 aliphatic rings. The number of carbonyl (C=O) groups is 1. The van der Waals surface area contributed by atoms with E-state index < -0.39 is 0 Å². The first kappa shape index (κ1) is 14.2. The molecule has 6 nitrogen and oxygen atoms in total. The number of carbonyl (C=O) groups excluding carboxylic acids is 1. The Bertz CT molecular complexity index is 781. The quantitative estimate of drug-likeness (QED) is 0.802. The fraction of sp³-hybridized carbons (Fsp3) is 0.250. The summed E-state index contributed by atoms with van der Waals surface area (Å²) in [5.74, 6) is 0.843. The van der Waals surface area contributed by atoms with Gasteiger partial charge in [-0.25, -0.2) is 4.98 Å². The molecule has 0 atom stereocenters. The first-order valence-electron chi connectivity index (χ1n) is 7.17. The highest BCUT2D eigenvalue weighted by Gasteiger charge is 2.20. The van der Waals surface area contributed by atoms with E-state index in [1.165, 1.54) is 0 Å². The average Bonchev–Trinajstić information content (AvgIpc) is 2.95. The van der Waals surface area contributed by atoms with Crippen LogP contribution in [0.15, 0.2) is 43.0 Å². The number of nitrogens with zero attached hydrogens (tertiary/aromatic N) is 4. The molecule has 22 heavy (non-hydrogen) atoms. The zero-order valence-electron chi connectivity index (χ0n) is 12.5. The summed E-state index contributed by atoms with van der Waals surface area (Å²) >= 11 is 0. The van der Waals surface area contributed by atoms with Gasteiger partial charge in [0.05, 0.1) is 29.8 Å². The van der Waals surface area contributed by atoms with E-state index in [-0.39, 0.29) is 11.8 Å². The Morgan fingerprint density at radius 1 is 1.32 bits per heavy atom. The minimum atomic E-state index is -0.00153. The van der Waals surface area contributed by atoms with Crippen LogP contribution < -0.4 is 4.90 Å². The Morgan fingerprint density at radius 3 is 2.91 bits per heavy atom. The van der Waals surface area contributed by atoms with Gasteiger partial charge >= 0.3 is 0 Å². The van der Waals surface area contributed by atoms with Gasteiger partial charge in [-0.1, -0.05) is 13.8 Å². The zero-order chi connectivity index (χ0) is 15.5. The van der Waals surface area contributed by atoms with Crippen LogP contribution in [0.25, 0.3) is 10.9 Å². The summed E-state index contributed by atoms with van der Waals surface area (Å²) in [5.41, 5.74) is 1.55. The van der Waals surface area contributed by atoms with Crippen LogP contribution in [0, 0.1) is 5.92 Å². The summed E-state index contributed by atoms with van der Waals surface area (Å²) in [4.78, 5) is 22.8. The van der Waals surface area contributed by atoms with Crippen LogP contribution in [0.5, 0.6) is 0 Å². The molecule has 1 N–H and O–H groups in total. The molecule has 0 unspecified atom stereocenters. The number of hydrogen-bond acceptors (Lipinski definition) is 4. The number of amides is 1. The van der Waals surface area contributed by atoms with E-state index >= 15 is 0 Å². The molecule has 0 saturated carbocycles. The summed E-state index contributed by atoms with van der Waals surface area (Å²) in [5, 5.41) is 7.76. The Kier molecular flexibility index (Phi) is 3.82. The van der Waals surface area contributed by atoms with Crippen LogP contribution in [0.4, 0.5) is 11.5 Å². The van der Waals surface area contributed by atoms with Crippen LogP contribution in [-0.2, 0) is 4.79 Å². The number of aromatic amines is 1. The maximum atomic E-state index is 12.7. The maximum absolute atomic E-state index is 12.7. The van der Waals surface area contributed by atoms with Gasteiger partial charge in [-0.3, -0.25) is 19.8 Å². The van der Waals surface area contributed by atoms with Crippen LogP contribution in [0.3, 0.4) is 0 Å². The molecule has 0 fully saturated rings. The third-order valence-corrected chi connectivity index (χ3v) is 3.28. The van der Waals surface area contributed by atoms with Gasteiger partial charge in [0.25, 0.3) is 0 Å². The average molecular weight is 295 g/mol. The van der Waals surface area contributed by atoms with Gasteiger partial charge < -0.3 is 0 Å². The molecular formula is C16H17N5O. The minimum absolute atomic E-state index is 0.00153. The second-order valence-corrected chi connectivity index (χ2v) is 5.54. The Balaban J connectivity index is 2.05. The summed E-state index contributed by atoms with van der Waals surface area (Å²) in [6.07, 6.45) is 7.19. The second kappa shape index (κ2) is 5.93. The van der Waals surface area contributed by atoms with Crippen molar-refractivity contribution in [1.29, 1.82) is 0 Å². The number of H-pyrrole nitrogens is 1. The van der Waals surface area contributed by atoms with Crippen LogP contribution in [0.2, 0.25) is 0 Å². The molecule has 1 amide bonds. The lowest BCUT2D eigenvalue weighted by molar-refractivity contribution is -0.118. The van der Waals surface area contributed by atoms with E-state index in [1.807, 2.05) is 26.0 Å². The van der Waals surface area contributed by atoms with Crippen molar-refractivity contribution in [2.45, 2.75) is 20.3 Å². The fourth-order valence-corrected chi connectivity index (χ4v) is 2.28. The maximum Gasteiger partial charge on any atom is 0.233 e. The predicted molar refractivity (Wildman–Crippen MR) is 84.7 cm³/mol. The number of nitrogens with one attached hydrogen (secondary N) is 1. The van der Waals surface area contributed by atoms with Gasteiger partial charge in [-0.2, -0.15) is 5.10 Å². The third kappa shape index (κ3) is 2.81. The predicted octanol–water partition coefficient (Wildman–Crippen LogP) is 3.06. The molecule has 0 radical (unpaired) electrons. The molecule has 6 heteroatoms. The molecule has 0 aliphatic carbocycles. The SMILES string of the molecule is CC(C)CC(=O)N(c1cccnc1)c1cc2cn[nH]c2cn1. The summed E-state index contributed by atoms with van der Waals surface area (Å²) in [6.45, 7) is 4.04. The lowest BCUT2D eigenvalue weighted by Gasteiger charge is -2.22. The van der Waals surface area contributed by atoms with Crippen molar-refractivity contribution in [1.82, 2.24) is 20.2 Å². The molecule has 3 rings (SSSR count).